The highest BCUT2D eigenvalue weighted by Gasteiger charge is 2.13. The van der Waals surface area contributed by atoms with E-state index >= 15 is 0 Å². The molecule has 2 rings (SSSR count). The normalized spacial score (nSPS) is 10.6. The van der Waals surface area contributed by atoms with Gasteiger partial charge < -0.3 is 5.43 Å². The maximum absolute atomic E-state index is 5.44. The summed E-state index contributed by atoms with van der Waals surface area (Å²) in [5, 5.41) is 9.03. The molecule has 0 fully saturated rings. The fraction of sp³-hybridized carbons (Fsp3) is 0.333. The predicted octanol–water partition coefficient (Wildman–Crippen LogP) is 2.05. The van der Waals surface area contributed by atoms with Gasteiger partial charge in [-0.1, -0.05) is 30.0 Å². The molecule has 0 aliphatic carbocycles. The van der Waals surface area contributed by atoms with Crippen LogP contribution in [0.4, 0.5) is 5.82 Å². The molecule has 0 aromatic carbocycles. The summed E-state index contributed by atoms with van der Waals surface area (Å²) in [6.07, 6.45) is 4.28. The molecule has 0 aliphatic rings. The third-order valence-corrected chi connectivity index (χ3v) is 5.14. The zero-order valence-electron chi connectivity index (χ0n) is 9.88. The van der Waals surface area contributed by atoms with Crippen LogP contribution in [0.25, 0.3) is 0 Å². The van der Waals surface area contributed by atoms with E-state index in [2.05, 4.69) is 25.6 Å². The first-order chi connectivity index (χ1) is 8.78. The Morgan fingerprint density at radius 2 is 2.11 bits per heavy atom. The maximum atomic E-state index is 5.44. The highest BCUT2D eigenvalue weighted by Crippen LogP contribution is 2.34. The van der Waals surface area contributed by atoms with E-state index < -0.39 is 0 Å². The van der Waals surface area contributed by atoms with Crippen molar-refractivity contribution in [2.24, 2.45) is 5.84 Å². The molecule has 9 heteroatoms. The molecule has 0 atom stereocenters. The second-order valence-corrected chi connectivity index (χ2v) is 6.41. The van der Waals surface area contributed by atoms with Gasteiger partial charge in [0, 0.05) is 5.56 Å². The highest BCUT2D eigenvalue weighted by molar-refractivity contribution is 8.03. The molecule has 2 aromatic heterocycles. The van der Waals surface area contributed by atoms with Gasteiger partial charge in [0.1, 0.15) is 17.2 Å². The molecule has 96 valence electrons. The van der Waals surface area contributed by atoms with Gasteiger partial charge in [0.05, 0.1) is 0 Å². The van der Waals surface area contributed by atoms with Crippen molar-refractivity contribution in [1.82, 2.24) is 20.2 Å². The van der Waals surface area contributed by atoms with Gasteiger partial charge in [-0.2, -0.15) is 0 Å². The number of hydrazine groups is 1. The topological polar surface area (TPSA) is 89.6 Å². The lowest BCUT2D eigenvalue weighted by Gasteiger charge is -2.08. The fourth-order valence-electron chi connectivity index (χ4n) is 1.33. The van der Waals surface area contributed by atoms with Crippen molar-refractivity contribution < 1.29 is 0 Å². The average molecular weight is 300 g/mol. The summed E-state index contributed by atoms with van der Waals surface area (Å²) < 4.78 is 1.82. The standard InChI is InChI=1S/C9H12N6S3/c1-3-5-6(13-10)11-4-12-7(5)17-9-15-14-8(16-2)18-9/h4H,3,10H2,1-2H3,(H,11,12,13). The summed E-state index contributed by atoms with van der Waals surface area (Å²) in [5.41, 5.74) is 3.58. The lowest BCUT2D eigenvalue weighted by Crippen LogP contribution is -2.12. The zero-order chi connectivity index (χ0) is 13.0. The molecule has 2 aromatic rings. The molecule has 0 spiro atoms. The number of hydrogen-bond donors (Lipinski definition) is 2. The molecular weight excluding hydrogens is 288 g/mol. The quantitative estimate of drug-likeness (QED) is 0.375. The second kappa shape index (κ2) is 6.32. The molecule has 6 nitrogen and oxygen atoms in total. The first-order valence-electron chi connectivity index (χ1n) is 5.14. The van der Waals surface area contributed by atoms with Crippen LogP contribution in [0.1, 0.15) is 12.5 Å². The third kappa shape index (κ3) is 2.91. The van der Waals surface area contributed by atoms with E-state index in [9.17, 15) is 0 Å². The Morgan fingerprint density at radius 3 is 2.72 bits per heavy atom. The summed E-state index contributed by atoms with van der Waals surface area (Å²) in [6.45, 7) is 2.04. The van der Waals surface area contributed by atoms with Crippen LogP contribution in [0, 0.1) is 0 Å². The molecule has 0 amide bonds. The molecule has 0 bridgehead atoms. The summed E-state index contributed by atoms with van der Waals surface area (Å²) in [5.74, 6) is 6.09. The van der Waals surface area contributed by atoms with Crippen LogP contribution in [0.2, 0.25) is 0 Å². The van der Waals surface area contributed by atoms with Crippen molar-refractivity contribution in [3.8, 4) is 0 Å². The van der Waals surface area contributed by atoms with Crippen molar-refractivity contribution >= 4 is 40.7 Å². The molecule has 3 N–H and O–H groups in total. The van der Waals surface area contributed by atoms with E-state index in [1.807, 2.05) is 13.2 Å². The Bertz CT molecular complexity index is 529. The lowest BCUT2D eigenvalue weighted by molar-refractivity contribution is 0.928. The van der Waals surface area contributed by atoms with Crippen molar-refractivity contribution in [1.29, 1.82) is 0 Å². The molecule has 0 aliphatic heterocycles. The Kier molecular flexibility index (Phi) is 4.75. The van der Waals surface area contributed by atoms with Gasteiger partial charge in [-0.05, 0) is 24.4 Å². The highest BCUT2D eigenvalue weighted by atomic mass is 32.2. The van der Waals surface area contributed by atoms with Gasteiger partial charge in [0.15, 0.2) is 8.68 Å². The van der Waals surface area contributed by atoms with Crippen LogP contribution in [-0.4, -0.2) is 26.4 Å². The number of hydrogen-bond acceptors (Lipinski definition) is 9. The van der Waals surface area contributed by atoms with Gasteiger partial charge in [-0.15, -0.1) is 10.2 Å². The van der Waals surface area contributed by atoms with Gasteiger partial charge in [0.2, 0.25) is 0 Å². The van der Waals surface area contributed by atoms with Gasteiger partial charge in [0.25, 0.3) is 0 Å². The molecule has 0 saturated heterocycles. The number of thioether (sulfide) groups is 1. The van der Waals surface area contributed by atoms with E-state index in [-0.39, 0.29) is 0 Å². The fourth-order valence-corrected chi connectivity index (χ4v) is 3.85. The van der Waals surface area contributed by atoms with Crippen LogP contribution >= 0.6 is 34.9 Å². The van der Waals surface area contributed by atoms with Crippen LogP contribution in [-0.2, 0) is 6.42 Å². The summed E-state index contributed by atoms with van der Waals surface area (Å²) >= 11 is 4.63. The zero-order valence-corrected chi connectivity index (χ0v) is 12.3. The van der Waals surface area contributed by atoms with Gasteiger partial charge in [-0.3, -0.25) is 0 Å². The first-order valence-corrected chi connectivity index (χ1v) is 8.00. The predicted molar refractivity (Wildman–Crippen MR) is 75.0 cm³/mol. The largest absolute Gasteiger partial charge is 0.308 e. The Morgan fingerprint density at radius 1 is 1.33 bits per heavy atom. The summed E-state index contributed by atoms with van der Waals surface area (Å²) in [7, 11) is 0. The monoisotopic (exact) mass is 300 g/mol. The number of nitrogens with zero attached hydrogens (tertiary/aromatic N) is 4. The number of rotatable bonds is 5. The second-order valence-electron chi connectivity index (χ2n) is 3.14. The molecule has 0 unspecified atom stereocenters. The summed E-state index contributed by atoms with van der Waals surface area (Å²) in [4.78, 5) is 8.37. The van der Waals surface area contributed by atoms with Crippen LogP contribution < -0.4 is 11.3 Å². The van der Waals surface area contributed by atoms with E-state index in [1.54, 1.807) is 23.1 Å². The number of anilines is 1. The van der Waals surface area contributed by atoms with Crippen LogP contribution in [0.15, 0.2) is 20.0 Å². The molecular formula is C9H12N6S3. The number of nitrogen functional groups attached to an aromatic ring is 1. The third-order valence-electron chi connectivity index (χ3n) is 2.14. The smallest absolute Gasteiger partial charge is 0.181 e. The Labute approximate surface area is 117 Å². The Hall–Kier alpha value is -0.900. The van der Waals surface area contributed by atoms with Gasteiger partial charge in [-0.25, -0.2) is 15.8 Å². The van der Waals surface area contributed by atoms with E-state index in [0.717, 1.165) is 25.7 Å². The molecule has 0 radical (unpaired) electrons. The minimum atomic E-state index is 0.657. The summed E-state index contributed by atoms with van der Waals surface area (Å²) in [6, 6.07) is 0. The number of nitrogens with one attached hydrogen (secondary N) is 1. The lowest BCUT2D eigenvalue weighted by atomic mass is 10.2. The number of aromatic nitrogens is 4. The van der Waals surface area contributed by atoms with Crippen molar-refractivity contribution in [3.05, 3.63) is 11.9 Å². The van der Waals surface area contributed by atoms with E-state index in [0.29, 0.717) is 5.82 Å². The van der Waals surface area contributed by atoms with Gasteiger partial charge >= 0.3 is 0 Å². The SMILES string of the molecule is CCc1c(NN)ncnc1Sc1nnc(SC)s1. The van der Waals surface area contributed by atoms with E-state index in [1.165, 1.54) is 18.1 Å². The van der Waals surface area contributed by atoms with Crippen molar-refractivity contribution in [2.45, 2.75) is 27.0 Å². The molecule has 18 heavy (non-hydrogen) atoms. The molecule has 2 heterocycles. The molecule has 0 saturated carbocycles. The van der Waals surface area contributed by atoms with Crippen LogP contribution in [0.5, 0.6) is 0 Å². The average Bonchev–Trinajstić information content (AvgIpc) is 2.86. The van der Waals surface area contributed by atoms with E-state index in [4.69, 9.17) is 5.84 Å². The van der Waals surface area contributed by atoms with Crippen molar-refractivity contribution in [2.75, 3.05) is 11.7 Å². The first kappa shape index (κ1) is 13.5. The maximum Gasteiger partial charge on any atom is 0.181 e. The number of nitrogens with two attached hydrogens (primary N) is 1. The Balaban J connectivity index is 2.28. The minimum absolute atomic E-state index is 0.657. The van der Waals surface area contributed by atoms with Crippen molar-refractivity contribution in [3.63, 3.8) is 0 Å². The van der Waals surface area contributed by atoms with Crippen LogP contribution in [0.3, 0.4) is 0 Å². The minimum Gasteiger partial charge on any atom is -0.308 e.